The summed E-state index contributed by atoms with van der Waals surface area (Å²) in [6, 6.07) is 13.0. The largest absolute Gasteiger partial charge is 0.497 e. The summed E-state index contributed by atoms with van der Waals surface area (Å²) in [7, 11) is 3.20. The van der Waals surface area contributed by atoms with Gasteiger partial charge >= 0.3 is 0 Å². The Kier molecular flexibility index (Phi) is 4.18. The Morgan fingerprint density at radius 1 is 0.885 bits per heavy atom. The first-order chi connectivity index (χ1) is 12.7. The lowest BCUT2D eigenvalue weighted by Crippen LogP contribution is -2.01. The number of nitrogens with one attached hydrogen (secondary N) is 1. The van der Waals surface area contributed by atoms with Gasteiger partial charge in [0.1, 0.15) is 5.75 Å². The Morgan fingerprint density at radius 2 is 1.77 bits per heavy atom. The minimum Gasteiger partial charge on any atom is -0.497 e. The van der Waals surface area contributed by atoms with Crippen molar-refractivity contribution in [2.75, 3.05) is 19.5 Å². The second-order valence-corrected chi connectivity index (χ2v) is 6.02. The third-order valence-electron chi connectivity index (χ3n) is 4.02. The van der Waals surface area contributed by atoms with Gasteiger partial charge in [0.2, 0.25) is 11.8 Å². The molecule has 0 atom stereocenters. The number of hydrogen-bond donors (Lipinski definition) is 1. The minimum atomic E-state index is 0.427. The van der Waals surface area contributed by atoms with E-state index in [2.05, 4.69) is 15.3 Å². The molecule has 0 amide bonds. The van der Waals surface area contributed by atoms with Gasteiger partial charge in [0.15, 0.2) is 0 Å². The summed E-state index contributed by atoms with van der Waals surface area (Å²) in [6.45, 7) is 0. The molecule has 2 aromatic carbocycles. The van der Waals surface area contributed by atoms with E-state index in [1.54, 1.807) is 26.5 Å². The zero-order valence-electron chi connectivity index (χ0n) is 14.2. The zero-order chi connectivity index (χ0) is 18.1. The van der Waals surface area contributed by atoms with Crippen LogP contribution < -0.4 is 14.8 Å². The molecular weight excluding hydrogens is 352 g/mol. The Labute approximate surface area is 154 Å². The van der Waals surface area contributed by atoms with Crippen LogP contribution in [-0.2, 0) is 0 Å². The lowest BCUT2D eigenvalue weighted by Gasteiger charge is -2.13. The van der Waals surface area contributed by atoms with Gasteiger partial charge in [-0.05, 0) is 36.4 Å². The number of ether oxygens (including phenoxy) is 2. The predicted molar refractivity (Wildman–Crippen MR) is 103 cm³/mol. The van der Waals surface area contributed by atoms with Gasteiger partial charge in [-0.1, -0.05) is 11.6 Å². The summed E-state index contributed by atoms with van der Waals surface area (Å²) in [5.41, 5.74) is 2.42. The summed E-state index contributed by atoms with van der Waals surface area (Å²) in [5.74, 6) is 1.64. The van der Waals surface area contributed by atoms with Gasteiger partial charge < -0.3 is 14.8 Å². The van der Waals surface area contributed by atoms with E-state index in [1.165, 1.54) is 0 Å². The van der Waals surface area contributed by atoms with Crippen molar-refractivity contribution in [2.45, 2.75) is 0 Å². The summed E-state index contributed by atoms with van der Waals surface area (Å²) >= 11 is 6.15. The molecule has 4 rings (SSSR count). The summed E-state index contributed by atoms with van der Waals surface area (Å²) < 4.78 is 10.5. The summed E-state index contributed by atoms with van der Waals surface area (Å²) in [6.07, 6.45) is 1.64. The number of anilines is 2. The van der Waals surface area contributed by atoms with Crippen molar-refractivity contribution < 1.29 is 9.47 Å². The maximum atomic E-state index is 6.15. The molecule has 0 spiro atoms. The van der Waals surface area contributed by atoms with Crippen molar-refractivity contribution in [3.63, 3.8) is 0 Å². The fourth-order valence-electron chi connectivity index (χ4n) is 2.79. The summed E-state index contributed by atoms with van der Waals surface area (Å²) in [4.78, 5) is 13.3. The van der Waals surface area contributed by atoms with Crippen molar-refractivity contribution in [2.24, 2.45) is 0 Å². The number of halogens is 1. The van der Waals surface area contributed by atoms with E-state index in [4.69, 9.17) is 26.1 Å². The molecule has 6 nitrogen and oxygen atoms in total. The topological polar surface area (TPSA) is 69.2 Å². The van der Waals surface area contributed by atoms with Gasteiger partial charge in [-0.2, -0.15) is 4.98 Å². The van der Waals surface area contributed by atoms with E-state index >= 15 is 0 Å². The number of methoxy groups -OCH3 is 2. The predicted octanol–water partition coefficient (Wildman–Crippen LogP) is 4.59. The van der Waals surface area contributed by atoms with Crippen LogP contribution in [0.15, 0.2) is 48.7 Å². The molecule has 0 bridgehead atoms. The molecule has 7 heteroatoms. The highest BCUT2D eigenvalue weighted by molar-refractivity contribution is 6.31. The molecule has 1 N–H and O–H groups in total. The second-order valence-electron chi connectivity index (χ2n) is 5.58. The van der Waals surface area contributed by atoms with Crippen LogP contribution in [0.25, 0.3) is 21.8 Å². The van der Waals surface area contributed by atoms with Crippen LogP contribution in [0.2, 0.25) is 5.02 Å². The van der Waals surface area contributed by atoms with E-state index in [1.807, 2.05) is 36.4 Å². The maximum Gasteiger partial charge on any atom is 0.230 e. The molecule has 130 valence electrons. The molecule has 2 heterocycles. The van der Waals surface area contributed by atoms with Crippen molar-refractivity contribution in [1.29, 1.82) is 0 Å². The van der Waals surface area contributed by atoms with E-state index in [-0.39, 0.29) is 0 Å². The number of benzene rings is 2. The second kappa shape index (κ2) is 6.65. The molecule has 4 aromatic rings. The van der Waals surface area contributed by atoms with Crippen molar-refractivity contribution in [3.8, 4) is 11.6 Å². The van der Waals surface area contributed by atoms with Crippen LogP contribution in [0, 0.1) is 0 Å². The van der Waals surface area contributed by atoms with Crippen LogP contribution in [0.1, 0.15) is 0 Å². The molecule has 0 fully saturated rings. The molecule has 0 aliphatic rings. The fraction of sp³-hybridized carbons (Fsp3) is 0.105. The fourth-order valence-corrected chi connectivity index (χ4v) is 2.95. The van der Waals surface area contributed by atoms with Gasteiger partial charge in [-0.15, -0.1) is 0 Å². The Morgan fingerprint density at radius 3 is 2.58 bits per heavy atom. The van der Waals surface area contributed by atoms with Gasteiger partial charge in [0.05, 0.1) is 30.9 Å². The first-order valence-electron chi connectivity index (χ1n) is 7.89. The first-order valence-corrected chi connectivity index (χ1v) is 8.27. The molecule has 26 heavy (non-hydrogen) atoms. The molecule has 0 saturated heterocycles. The molecule has 0 unspecified atom stereocenters. The molecule has 0 aliphatic carbocycles. The van der Waals surface area contributed by atoms with Crippen LogP contribution >= 0.6 is 11.6 Å². The third kappa shape index (κ3) is 2.95. The number of hydrogen-bond acceptors (Lipinski definition) is 6. The minimum absolute atomic E-state index is 0.427. The van der Waals surface area contributed by atoms with Crippen LogP contribution in [0.3, 0.4) is 0 Å². The third-order valence-corrected chi connectivity index (χ3v) is 4.25. The van der Waals surface area contributed by atoms with Crippen LogP contribution in [-0.4, -0.2) is 29.2 Å². The van der Waals surface area contributed by atoms with Crippen LogP contribution in [0.5, 0.6) is 11.6 Å². The highest BCUT2D eigenvalue weighted by Crippen LogP contribution is 2.35. The van der Waals surface area contributed by atoms with Crippen molar-refractivity contribution >= 4 is 45.0 Å². The molecule has 0 aliphatic heterocycles. The number of pyridine rings is 1. The zero-order valence-corrected chi connectivity index (χ0v) is 14.9. The van der Waals surface area contributed by atoms with Crippen LogP contribution in [0.4, 0.5) is 11.6 Å². The first kappa shape index (κ1) is 16.4. The van der Waals surface area contributed by atoms with E-state index in [9.17, 15) is 0 Å². The van der Waals surface area contributed by atoms with Gasteiger partial charge in [0.25, 0.3) is 0 Å². The quantitative estimate of drug-likeness (QED) is 0.532. The highest BCUT2D eigenvalue weighted by atomic mass is 35.5. The molecule has 2 aromatic heterocycles. The monoisotopic (exact) mass is 366 g/mol. The average molecular weight is 367 g/mol. The van der Waals surface area contributed by atoms with E-state index in [0.29, 0.717) is 16.9 Å². The Balaban J connectivity index is 1.98. The Bertz CT molecular complexity index is 1120. The number of rotatable bonds is 4. The number of aromatic nitrogens is 3. The highest BCUT2D eigenvalue weighted by Gasteiger charge is 2.12. The van der Waals surface area contributed by atoms with E-state index < -0.39 is 0 Å². The van der Waals surface area contributed by atoms with E-state index in [0.717, 1.165) is 33.2 Å². The van der Waals surface area contributed by atoms with Crippen molar-refractivity contribution in [3.05, 3.63) is 53.7 Å². The maximum absolute atomic E-state index is 6.15. The molecule has 0 radical (unpaired) electrons. The normalized spacial score (nSPS) is 10.9. The Hall–Kier alpha value is -3.12. The number of fused-ring (bicyclic) bond motifs is 2. The smallest absolute Gasteiger partial charge is 0.230 e. The van der Waals surface area contributed by atoms with Gasteiger partial charge in [-0.25, -0.2) is 9.97 Å². The van der Waals surface area contributed by atoms with Gasteiger partial charge in [-0.3, -0.25) is 0 Å². The summed E-state index contributed by atoms with van der Waals surface area (Å²) in [5, 5.41) is 5.72. The van der Waals surface area contributed by atoms with Gasteiger partial charge in [0, 0.05) is 28.1 Å². The average Bonchev–Trinajstić information content (AvgIpc) is 2.67. The molecule has 0 saturated carbocycles. The van der Waals surface area contributed by atoms with Crippen molar-refractivity contribution in [1.82, 2.24) is 15.0 Å². The molecular formula is C19H15ClN4O2. The number of nitrogens with zero attached hydrogens (tertiary/aromatic N) is 3. The SMILES string of the molecule is COc1ccc2nc3cc(Cl)ccc3c(Nc3nccc(OC)n3)c2c1. The lowest BCUT2D eigenvalue weighted by molar-refractivity contribution is 0.397. The lowest BCUT2D eigenvalue weighted by atomic mass is 10.1. The standard InChI is InChI=1S/C19H15ClN4O2/c1-25-12-4-6-15-14(10-12)18(13-5-3-11(20)9-16(13)22-15)24-19-21-8-7-17(23-19)26-2/h3-10H,1-2H3,(H,21,22,23,24).